The number of hydrogen-bond donors (Lipinski definition) is 1. The summed E-state index contributed by atoms with van der Waals surface area (Å²) in [5.41, 5.74) is 1.56. The average molecular weight is 431 g/mol. The van der Waals surface area contributed by atoms with Crippen LogP contribution in [0.25, 0.3) is 5.76 Å². The first-order valence-electron chi connectivity index (χ1n) is 10.3. The highest BCUT2D eigenvalue weighted by Gasteiger charge is 2.48. The minimum atomic E-state index is -0.882. The Morgan fingerprint density at radius 3 is 2.34 bits per heavy atom. The van der Waals surface area contributed by atoms with Crippen LogP contribution in [0.1, 0.15) is 43.7 Å². The van der Waals surface area contributed by atoms with Crippen molar-refractivity contribution < 1.29 is 23.8 Å². The van der Waals surface area contributed by atoms with Crippen LogP contribution in [-0.2, 0) is 15.0 Å². The molecule has 2 aromatic carbocycles. The van der Waals surface area contributed by atoms with E-state index in [1.165, 1.54) is 11.2 Å². The molecule has 1 aromatic heterocycles. The summed E-state index contributed by atoms with van der Waals surface area (Å²) < 4.78 is 11.1. The minimum Gasteiger partial charge on any atom is -0.507 e. The van der Waals surface area contributed by atoms with E-state index < -0.39 is 17.7 Å². The molecule has 0 saturated carbocycles. The van der Waals surface area contributed by atoms with Crippen molar-refractivity contribution in [2.45, 2.75) is 32.2 Å². The number of carbonyl (C=O) groups excluding carboxylic acids is 2. The van der Waals surface area contributed by atoms with Crippen molar-refractivity contribution in [1.29, 1.82) is 0 Å². The Balaban J connectivity index is 1.93. The fourth-order valence-electron chi connectivity index (χ4n) is 4.00. The number of Topliss-reactive ketones (excluding diaryl/α,β-unsaturated/α-hetero) is 1. The molecule has 164 valence electrons. The number of ether oxygens (including phenoxy) is 1. The highest BCUT2D eigenvalue weighted by atomic mass is 16.5. The van der Waals surface area contributed by atoms with E-state index in [2.05, 4.69) is 0 Å². The second kappa shape index (κ2) is 8.04. The van der Waals surface area contributed by atoms with Crippen molar-refractivity contribution in [2.24, 2.45) is 0 Å². The molecule has 6 nitrogen and oxygen atoms in total. The molecular weight excluding hydrogens is 406 g/mol. The molecule has 0 radical (unpaired) electrons. The second-order valence-corrected chi connectivity index (χ2v) is 8.69. The van der Waals surface area contributed by atoms with Gasteiger partial charge in [0.15, 0.2) is 0 Å². The van der Waals surface area contributed by atoms with Crippen molar-refractivity contribution in [3.05, 3.63) is 89.4 Å². The van der Waals surface area contributed by atoms with Gasteiger partial charge in [-0.3, -0.25) is 14.5 Å². The molecule has 1 amide bonds. The number of aliphatic hydroxyl groups is 1. The lowest BCUT2D eigenvalue weighted by molar-refractivity contribution is -0.132. The van der Waals surface area contributed by atoms with Crippen LogP contribution in [-0.4, -0.2) is 23.9 Å². The van der Waals surface area contributed by atoms with Gasteiger partial charge in [0.05, 0.1) is 18.9 Å². The molecule has 6 heteroatoms. The van der Waals surface area contributed by atoms with Crippen LogP contribution < -0.4 is 9.64 Å². The van der Waals surface area contributed by atoms with Gasteiger partial charge in [0.2, 0.25) is 0 Å². The SMILES string of the molecule is COc1ccc(/C(O)=C2/C(=O)C(=O)N(c3ccccc3)C2c2ccco2)cc1C(C)(C)C. The average Bonchev–Trinajstić information content (AvgIpc) is 3.40. The molecule has 1 aliphatic rings. The number of para-hydroxylation sites is 1. The lowest BCUT2D eigenvalue weighted by Crippen LogP contribution is -2.29. The first kappa shape index (κ1) is 21.4. The first-order valence-corrected chi connectivity index (χ1v) is 10.3. The molecule has 1 unspecified atom stereocenters. The monoisotopic (exact) mass is 431 g/mol. The molecule has 0 bridgehead atoms. The maximum Gasteiger partial charge on any atom is 0.300 e. The highest BCUT2D eigenvalue weighted by Crippen LogP contribution is 2.43. The van der Waals surface area contributed by atoms with Gasteiger partial charge in [-0.2, -0.15) is 0 Å². The van der Waals surface area contributed by atoms with Crippen molar-refractivity contribution in [1.82, 2.24) is 0 Å². The number of rotatable bonds is 4. The molecular formula is C26H25NO5. The Labute approximate surface area is 186 Å². The zero-order valence-electron chi connectivity index (χ0n) is 18.5. The van der Waals surface area contributed by atoms with Crippen LogP contribution in [0.2, 0.25) is 0 Å². The van der Waals surface area contributed by atoms with E-state index in [1.807, 2.05) is 26.8 Å². The smallest absolute Gasteiger partial charge is 0.300 e. The van der Waals surface area contributed by atoms with E-state index in [0.29, 0.717) is 22.8 Å². The van der Waals surface area contributed by atoms with E-state index in [-0.39, 0.29) is 16.7 Å². The number of benzene rings is 2. The number of nitrogens with zero attached hydrogens (tertiary/aromatic N) is 1. The van der Waals surface area contributed by atoms with Crippen molar-refractivity contribution in [2.75, 3.05) is 12.0 Å². The van der Waals surface area contributed by atoms with Gasteiger partial charge < -0.3 is 14.3 Å². The fourth-order valence-corrected chi connectivity index (χ4v) is 4.00. The van der Waals surface area contributed by atoms with Crippen molar-refractivity contribution in [3.63, 3.8) is 0 Å². The summed E-state index contributed by atoms with van der Waals surface area (Å²) in [5, 5.41) is 11.3. The lowest BCUT2D eigenvalue weighted by atomic mass is 9.84. The van der Waals surface area contributed by atoms with E-state index >= 15 is 0 Å². The zero-order valence-corrected chi connectivity index (χ0v) is 18.5. The predicted octanol–water partition coefficient (Wildman–Crippen LogP) is 5.21. The van der Waals surface area contributed by atoms with E-state index in [1.54, 1.807) is 61.7 Å². The molecule has 3 aromatic rings. The van der Waals surface area contributed by atoms with Gasteiger partial charge in [-0.15, -0.1) is 0 Å². The minimum absolute atomic E-state index is 0.0150. The van der Waals surface area contributed by atoms with Gasteiger partial charge in [-0.05, 0) is 47.9 Å². The number of methoxy groups -OCH3 is 1. The Hall–Kier alpha value is -3.80. The van der Waals surface area contributed by atoms with E-state index in [4.69, 9.17) is 9.15 Å². The number of amides is 1. The molecule has 1 N–H and O–H groups in total. The molecule has 1 atom stereocenters. The maximum atomic E-state index is 13.1. The summed E-state index contributed by atoms with van der Waals surface area (Å²) in [6.07, 6.45) is 1.48. The van der Waals surface area contributed by atoms with Crippen LogP contribution in [0.4, 0.5) is 5.69 Å². The third kappa shape index (κ3) is 3.58. The second-order valence-electron chi connectivity index (χ2n) is 8.69. The molecule has 0 aliphatic carbocycles. The van der Waals surface area contributed by atoms with Crippen LogP contribution in [0, 0.1) is 0 Å². The van der Waals surface area contributed by atoms with Gasteiger partial charge in [0.1, 0.15) is 23.3 Å². The van der Waals surface area contributed by atoms with Gasteiger partial charge in [0.25, 0.3) is 11.7 Å². The Morgan fingerprint density at radius 1 is 1.03 bits per heavy atom. The molecule has 2 heterocycles. The Bertz CT molecular complexity index is 1190. The standard InChI is InChI=1S/C26H25NO5/c1-26(2,3)18-15-16(12-13-19(18)31-4)23(28)21-22(20-11-8-14-32-20)27(25(30)24(21)29)17-9-6-5-7-10-17/h5-15,22,28H,1-4H3/b23-21-. The van der Waals surface area contributed by atoms with Crippen molar-refractivity contribution >= 4 is 23.1 Å². The summed E-state index contributed by atoms with van der Waals surface area (Å²) in [7, 11) is 1.59. The molecule has 1 fully saturated rings. The largest absolute Gasteiger partial charge is 0.507 e. The molecule has 4 rings (SSSR count). The summed E-state index contributed by atoms with van der Waals surface area (Å²) in [6.45, 7) is 6.10. The lowest BCUT2D eigenvalue weighted by Gasteiger charge is -2.24. The summed E-state index contributed by atoms with van der Waals surface area (Å²) in [5.74, 6) is -0.665. The predicted molar refractivity (Wildman–Crippen MR) is 122 cm³/mol. The Kier molecular flexibility index (Phi) is 5.38. The topological polar surface area (TPSA) is 80.0 Å². The molecule has 0 spiro atoms. The number of hydrogen-bond acceptors (Lipinski definition) is 5. The van der Waals surface area contributed by atoms with Crippen LogP contribution in [0.3, 0.4) is 0 Å². The number of carbonyl (C=O) groups is 2. The number of anilines is 1. The summed E-state index contributed by atoms with van der Waals surface area (Å²) in [4.78, 5) is 27.6. The summed E-state index contributed by atoms with van der Waals surface area (Å²) >= 11 is 0. The van der Waals surface area contributed by atoms with Gasteiger partial charge in [-0.25, -0.2) is 0 Å². The quantitative estimate of drug-likeness (QED) is 0.348. The van der Waals surface area contributed by atoms with Gasteiger partial charge in [0, 0.05) is 16.8 Å². The Morgan fingerprint density at radius 2 is 1.75 bits per heavy atom. The van der Waals surface area contributed by atoms with E-state index in [0.717, 1.165) is 5.56 Å². The number of aliphatic hydroxyl groups excluding tert-OH is 1. The first-order chi connectivity index (χ1) is 15.2. The highest BCUT2D eigenvalue weighted by molar-refractivity contribution is 6.51. The van der Waals surface area contributed by atoms with Crippen LogP contribution in [0.5, 0.6) is 5.75 Å². The molecule has 1 saturated heterocycles. The molecule has 1 aliphatic heterocycles. The van der Waals surface area contributed by atoms with Crippen LogP contribution >= 0.6 is 0 Å². The summed E-state index contributed by atoms with van der Waals surface area (Å²) in [6, 6.07) is 16.6. The normalized spacial score (nSPS) is 18.2. The van der Waals surface area contributed by atoms with Crippen molar-refractivity contribution in [3.8, 4) is 5.75 Å². The number of furan rings is 1. The van der Waals surface area contributed by atoms with Crippen LogP contribution in [0.15, 0.2) is 76.9 Å². The third-order valence-corrected chi connectivity index (χ3v) is 5.57. The number of ketones is 1. The maximum absolute atomic E-state index is 13.1. The zero-order chi connectivity index (χ0) is 23.0. The van der Waals surface area contributed by atoms with Gasteiger partial charge in [-0.1, -0.05) is 39.0 Å². The van der Waals surface area contributed by atoms with Gasteiger partial charge >= 0.3 is 0 Å². The molecule has 32 heavy (non-hydrogen) atoms. The van der Waals surface area contributed by atoms with E-state index in [9.17, 15) is 14.7 Å². The third-order valence-electron chi connectivity index (χ3n) is 5.57. The fraction of sp³-hybridized carbons (Fsp3) is 0.231.